The highest BCUT2D eigenvalue weighted by molar-refractivity contribution is 6.07. The van der Waals surface area contributed by atoms with Gasteiger partial charge in [0.25, 0.3) is 5.91 Å². The number of carbonyl (C=O) groups is 2. The van der Waals surface area contributed by atoms with Gasteiger partial charge in [0.05, 0.1) is 0 Å². The Hall–Kier alpha value is -2.62. The lowest BCUT2D eigenvalue weighted by atomic mass is 9.80. The van der Waals surface area contributed by atoms with Crippen LogP contribution in [0.2, 0.25) is 0 Å². The van der Waals surface area contributed by atoms with E-state index in [2.05, 4.69) is 17.2 Å². The fourth-order valence-electron chi connectivity index (χ4n) is 3.76. The minimum atomic E-state index is -0.110. The third-order valence-electron chi connectivity index (χ3n) is 5.46. The molecular weight excluding hydrogens is 336 g/mol. The van der Waals surface area contributed by atoms with Crippen LogP contribution in [0.3, 0.4) is 0 Å². The molecule has 0 radical (unpaired) electrons. The van der Waals surface area contributed by atoms with Crippen molar-refractivity contribution in [2.45, 2.75) is 52.4 Å². The van der Waals surface area contributed by atoms with E-state index in [0.717, 1.165) is 34.5 Å². The van der Waals surface area contributed by atoms with Crippen LogP contribution in [0.5, 0.6) is 0 Å². The number of hydrogen-bond donors (Lipinski definition) is 2. The first-order chi connectivity index (χ1) is 13.0. The minimum Gasteiger partial charge on any atom is -0.326 e. The van der Waals surface area contributed by atoms with Crippen molar-refractivity contribution in [1.29, 1.82) is 0 Å². The average Bonchev–Trinajstić information content (AvgIpc) is 2.60. The van der Waals surface area contributed by atoms with Crippen LogP contribution in [0.25, 0.3) is 0 Å². The van der Waals surface area contributed by atoms with Gasteiger partial charge in [-0.25, -0.2) is 0 Å². The molecule has 0 bridgehead atoms. The second kappa shape index (κ2) is 8.38. The van der Waals surface area contributed by atoms with Gasteiger partial charge in [-0.05, 0) is 61.4 Å². The lowest BCUT2D eigenvalue weighted by molar-refractivity contribution is -0.116. The van der Waals surface area contributed by atoms with Gasteiger partial charge in [0.2, 0.25) is 5.91 Å². The highest BCUT2D eigenvalue weighted by atomic mass is 16.2. The summed E-state index contributed by atoms with van der Waals surface area (Å²) in [6, 6.07) is 3.88. The molecule has 4 heteroatoms. The van der Waals surface area contributed by atoms with Crippen LogP contribution in [0.15, 0.2) is 48.1 Å². The molecule has 1 aliphatic heterocycles. The number of benzene rings is 1. The molecule has 2 amide bonds. The van der Waals surface area contributed by atoms with Gasteiger partial charge in [-0.1, -0.05) is 44.1 Å². The van der Waals surface area contributed by atoms with Crippen molar-refractivity contribution in [1.82, 2.24) is 0 Å². The molecule has 3 rings (SSSR count). The SMILES string of the molecule is C=C/C(CC1CCC1)=C(\C=C/C)C(=O)Nc1cc(C)c2c(c1)CCC(=O)N2. The third kappa shape index (κ3) is 4.38. The van der Waals surface area contributed by atoms with Gasteiger partial charge in [-0.15, -0.1) is 0 Å². The Morgan fingerprint density at radius 2 is 2.11 bits per heavy atom. The minimum absolute atomic E-state index is 0.0484. The zero-order valence-corrected chi connectivity index (χ0v) is 16.2. The molecule has 142 valence electrons. The summed E-state index contributed by atoms with van der Waals surface area (Å²) in [4.78, 5) is 24.6. The second-order valence-corrected chi connectivity index (χ2v) is 7.47. The molecule has 0 spiro atoms. The number of amides is 2. The van der Waals surface area contributed by atoms with Crippen molar-refractivity contribution >= 4 is 23.2 Å². The fourth-order valence-corrected chi connectivity index (χ4v) is 3.76. The Bertz CT molecular complexity index is 829. The topological polar surface area (TPSA) is 58.2 Å². The van der Waals surface area contributed by atoms with Crippen molar-refractivity contribution in [2.75, 3.05) is 10.6 Å². The maximum absolute atomic E-state index is 13.0. The molecule has 2 aliphatic rings. The quantitative estimate of drug-likeness (QED) is 0.547. The third-order valence-corrected chi connectivity index (χ3v) is 5.46. The number of allylic oxidation sites excluding steroid dienone is 3. The molecule has 4 nitrogen and oxygen atoms in total. The van der Waals surface area contributed by atoms with Crippen molar-refractivity contribution in [3.63, 3.8) is 0 Å². The molecule has 1 aromatic rings. The Labute approximate surface area is 161 Å². The Morgan fingerprint density at radius 1 is 1.33 bits per heavy atom. The first kappa shape index (κ1) is 19.2. The van der Waals surface area contributed by atoms with E-state index < -0.39 is 0 Å². The summed E-state index contributed by atoms with van der Waals surface area (Å²) in [6.07, 6.45) is 11.4. The van der Waals surface area contributed by atoms with E-state index in [9.17, 15) is 9.59 Å². The van der Waals surface area contributed by atoms with Crippen molar-refractivity contribution in [3.8, 4) is 0 Å². The van der Waals surface area contributed by atoms with Crippen LogP contribution < -0.4 is 10.6 Å². The van der Waals surface area contributed by atoms with Crippen LogP contribution in [0.1, 0.15) is 50.2 Å². The van der Waals surface area contributed by atoms with Gasteiger partial charge >= 0.3 is 0 Å². The number of nitrogens with one attached hydrogen (secondary N) is 2. The molecular formula is C23H28N2O2. The van der Waals surface area contributed by atoms with Gasteiger partial charge in [-0.2, -0.15) is 0 Å². The summed E-state index contributed by atoms with van der Waals surface area (Å²) in [6.45, 7) is 7.80. The summed E-state index contributed by atoms with van der Waals surface area (Å²) in [7, 11) is 0. The Morgan fingerprint density at radius 3 is 2.74 bits per heavy atom. The van der Waals surface area contributed by atoms with Crippen LogP contribution in [-0.2, 0) is 16.0 Å². The highest BCUT2D eigenvalue weighted by Gasteiger charge is 2.22. The van der Waals surface area contributed by atoms with E-state index >= 15 is 0 Å². The molecule has 1 heterocycles. The number of hydrogen-bond acceptors (Lipinski definition) is 2. The zero-order valence-electron chi connectivity index (χ0n) is 16.2. The zero-order chi connectivity index (χ0) is 19.4. The molecule has 1 fully saturated rings. The summed E-state index contributed by atoms with van der Waals surface area (Å²) < 4.78 is 0. The molecule has 0 unspecified atom stereocenters. The first-order valence-corrected chi connectivity index (χ1v) is 9.74. The summed E-state index contributed by atoms with van der Waals surface area (Å²) >= 11 is 0. The predicted molar refractivity (Wildman–Crippen MR) is 111 cm³/mol. The van der Waals surface area contributed by atoms with Gasteiger partial charge in [0.1, 0.15) is 0 Å². The van der Waals surface area contributed by atoms with Crippen molar-refractivity contribution in [2.24, 2.45) is 5.92 Å². The molecule has 0 aromatic heterocycles. The molecule has 2 N–H and O–H groups in total. The van der Waals surface area contributed by atoms with E-state index in [1.54, 1.807) is 0 Å². The predicted octanol–water partition coefficient (Wildman–Crippen LogP) is 5.07. The summed E-state index contributed by atoms with van der Waals surface area (Å²) in [5, 5.41) is 5.97. The molecule has 1 aliphatic carbocycles. The lowest BCUT2D eigenvalue weighted by Gasteiger charge is -2.26. The lowest BCUT2D eigenvalue weighted by Crippen LogP contribution is -2.21. The number of fused-ring (bicyclic) bond motifs is 1. The number of aryl methyl sites for hydroxylation is 2. The van der Waals surface area contributed by atoms with Gasteiger partial charge in [-0.3, -0.25) is 9.59 Å². The Balaban J connectivity index is 1.84. The molecule has 1 saturated carbocycles. The van der Waals surface area contributed by atoms with E-state index in [0.29, 0.717) is 24.3 Å². The van der Waals surface area contributed by atoms with Gasteiger partial charge < -0.3 is 10.6 Å². The van der Waals surface area contributed by atoms with Crippen LogP contribution in [-0.4, -0.2) is 11.8 Å². The number of carbonyl (C=O) groups excluding carboxylic acids is 2. The molecule has 27 heavy (non-hydrogen) atoms. The average molecular weight is 364 g/mol. The van der Waals surface area contributed by atoms with E-state index in [4.69, 9.17) is 0 Å². The summed E-state index contributed by atoms with van der Waals surface area (Å²) in [5.41, 5.74) is 5.37. The maximum Gasteiger partial charge on any atom is 0.255 e. The molecule has 1 aromatic carbocycles. The number of rotatable bonds is 6. The Kier molecular flexibility index (Phi) is 5.94. The highest BCUT2D eigenvalue weighted by Crippen LogP contribution is 2.34. The van der Waals surface area contributed by atoms with Crippen molar-refractivity contribution in [3.05, 3.63) is 59.2 Å². The van der Waals surface area contributed by atoms with E-state index in [1.165, 1.54) is 19.3 Å². The monoisotopic (exact) mass is 364 g/mol. The normalized spacial score (nSPS) is 17.6. The standard InChI is InChI=1S/C23H28N2O2/c1-4-7-20(17(5-2)13-16-8-6-9-16)23(27)24-19-12-15(3)22-18(14-19)10-11-21(26)25-22/h4-5,7,12,14,16H,2,6,8-11,13H2,1,3H3,(H,24,27)(H,25,26)/b7-4-,20-17-. The number of anilines is 2. The van der Waals surface area contributed by atoms with E-state index in [-0.39, 0.29) is 11.8 Å². The van der Waals surface area contributed by atoms with Gasteiger partial charge in [0, 0.05) is 23.4 Å². The first-order valence-electron chi connectivity index (χ1n) is 9.74. The molecule has 0 saturated heterocycles. The second-order valence-electron chi connectivity index (χ2n) is 7.47. The fraction of sp³-hybridized carbons (Fsp3) is 0.391. The van der Waals surface area contributed by atoms with Crippen LogP contribution in [0, 0.1) is 12.8 Å². The van der Waals surface area contributed by atoms with Gasteiger partial charge in [0.15, 0.2) is 0 Å². The summed E-state index contributed by atoms with van der Waals surface area (Å²) in [5.74, 6) is 0.606. The maximum atomic E-state index is 13.0. The smallest absolute Gasteiger partial charge is 0.255 e. The molecule has 0 atom stereocenters. The van der Waals surface area contributed by atoms with Crippen LogP contribution >= 0.6 is 0 Å². The largest absolute Gasteiger partial charge is 0.326 e. The van der Waals surface area contributed by atoms with E-state index in [1.807, 2.05) is 44.2 Å². The van der Waals surface area contributed by atoms with Crippen molar-refractivity contribution < 1.29 is 9.59 Å². The van der Waals surface area contributed by atoms with Crippen LogP contribution in [0.4, 0.5) is 11.4 Å².